The molecule has 0 spiro atoms. The Bertz CT molecular complexity index is 653. The second kappa shape index (κ2) is 6.44. The molecule has 0 unspecified atom stereocenters. The van der Waals surface area contributed by atoms with Gasteiger partial charge in [0.15, 0.2) is 0 Å². The molecule has 1 saturated heterocycles. The maximum absolute atomic E-state index is 11.3. The Morgan fingerprint density at radius 2 is 2.05 bits per heavy atom. The Hall–Kier alpha value is -2.60. The zero-order chi connectivity index (χ0) is 15.4. The molecule has 1 aromatic carbocycles. The highest BCUT2D eigenvalue weighted by molar-refractivity contribution is 5.88. The van der Waals surface area contributed by atoms with Crippen LogP contribution >= 0.6 is 0 Å². The molecule has 1 aromatic heterocycles. The minimum atomic E-state index is -0.427. The van der Waals surface area contributed by atoms with Gasteiger partial charge in [-0.3, -0.25) is 0 Å². The standard InChI is InChI=1S/C16H16N2O4/c1-20-16(19)11-5-6-15(18-8-11)22-13-4-2-3-12(7-13)21-14-9-17-10-14/h2-8,14,17H,9-10H2,1H3. The highest BCUT2D eigenvalue weighted by Crippen LogP contribution is 2.25. The van der Waals surface area contributed by atoms with Gasteiger partial charge in [0.25, 0.3) is 0 Å². The lowest BCUT2D eigenvalue weighted by Gasteiger charge is -2.27. The van der Waals surface area contributed by atoms with Gasteiger partial charge >= 0.3 is 5.97 Å². The number of carbonyl (C=O) groups excluding carboxylic acids is 1. The van der Waals surface area contributed by atoms with E-state index in [1.54, 1.807) is 12.1 Å². The van der Waals surface area contributed by atoms with Crippen molar-refractivity contribution in [3.63, 3.8) is 0 Å². The summed E-state index contributed by atoms with van der Waals surface area (Å²) in [5.41, 5.74) is 0.379. The van der Waals surface area contributed by atoms with Gasteiger partial charge in [0.1, 0.15) is 17.6 Å². The summed E-state index contributed by atoms with van der Waals surface area (Å²) in [6.45, 7) is 1.73. The van der Waals surface area contributed by atoms with Gasteiger partial charge in [-0.1, -0.05) is 6.07 Å². The number of ether oxygens (including phenoxy) is 3. The van der Waals surface area contributed by atoms with Crippen molar-refractivity contribution in [3.8, 4) is 17.4 Å². The summed E-state index contributed by atoms with van der Waals surface area (Å²) in [4.78, 5) is 15.4. The van der Waals surface area contributed by atoms with Crippen LogP contribution in [0.1, 0.15) is 10.4 Å². The van der Waals surface area contributed by atoms with Crippen LogP contribution in [0.4, 0.5) is 0 Å². The summed E-state index contributed by atoms with van der Waals surface area (Å²) in [5, 5.41) is 3.15. The van der Waals surface area contributed by atoms with Gasteiger partial charge < -0.3 is 19.5 Å². The molecule has 2 aromatic rings. The van der Waals surface area contributed by atoms with Crippen LogP contribution in [0.15, 0.2) is 42.6 Å². The van der Waals surface area contributed by atoms with Crippen LogP contribution in [0.5, 0.6) is 17.4 Å². The fourth-order valence-electron chi connectivity index (χ4n) is 1.95. The molecule has 2 heterocycles. The number of benzene rings is 1. The maximum Gasteiger partial charge on any atom is 0.339 e. The Kier molecular flexibility index (Phi) is 4.20. The molecule has 114 valence electrons. The van der Waals surface area contributed by atoms with Gasteiger partial charge in [0, 0.05) is 31.4 Å². The average Bonchev–Trinajstić information content (AvgIpc) is 2.51. The van der Waals surface area contributed by atoms with Gasteiger partial charge in [-0.2, -0.15) is 0 Å². The Balaban J connectivity index is 1.67. The van der Waals surface area contributed by atoms with Crippen LogP contribution < -0.4 is 14.8 Å². The van der Waals surface area contributed by atoms with E-state index in [-0.39, 0.29) is 6.10 Å². The van der Waals surface area contributed by atoms with E-state index in [0.29, 0.717) is 17.2 Å². The minimum Gasteiger partial charge on any atom is -0.488 e. The van der Waals surface area contributed by atoms with Crippen LogP contribution in [0.2, 0.25) is 0 Å². The third kappa shape index (κ3) is 3.35. The summed E-state index contributed by atoms with van der Waals surface area (Å²) in [5.74, 6) is 1.36. The van der Waals surface area contributed by atoms with Gasteiger partial charge in [0.2, 0.25) is 5.88 Å². The molecule has 1 N–H and O–H groups in total. The molecule has 1 aliphatic rings. The number of hydrogen-bond acceptors (Lipinski definition) is 6. The van der Waals surface area contributed by atoms with E-state index in [1.807, 2.05) is 24.3 Å². The summed E-state index contributed by atoms with van der Waals surface area (Å²) in [7, 11) is 1.33. The second-order valence-electron chi connectivity index (χ2n) is 4.85. The lowest BCUT2D eigenvalue weighted by Crippen LogP contribution is -2.50. The molecule has 0 bridgehead atoms. The summed E-state index contributed by atoms with van der Waals surface area (Å²) < 4.78 is 16.1. The predicted molar refractivity (Wildman–Crippen MR) is 79.4 cm³/mol. The topological polar surface area (TPSA) is 69.7 Å². The van der Waals surface area contributed by atoms with E-state index in [2.05, 4.69) is 15.0 Å². The van der Waals surface area contributed by atoms with E-state index in [0.717, 1.165) is 18.8 Å². The number of esters is 1. The third-order valence-corrected chi connectivity index (χ3v) is 3.23. The molecule has 6 heteroatoms. The zero-order valence-electron chi connectivity index (χ0n) is 12.1. The smallest absolute Gasteiger partial charge is 0.339 e. The quantitative estimate of drug-likeness (QED) is 0.852. The van der Waals surface area contributed by atoms with E-state index in [9.17, 15) is 4.79 Å². The zero-order valence-corrected chi connectivity index (χ0v) is 12.1. The molecule has 0 aliphatic carbocycles. The lowest BCUT2D eigenvalue weighted by molar-refractivity contribution is 0.0600. The number of carbonyl (C=O) groups is 1. The Morgan fingerprint density at radius 3 is 2.68 bits per heavy atom. The van der Waals surface area contributed by atoms with Crippen molar-refractivity contribution >= 4 is 5.97 Å². The van der Waals surface area contributed by atoms with Crippen molar-refractivity contribution in [1.29, 1.82) is 0 Å². The van der Waals surface area contributed by atoms with E-state index < -0.39 is 5.97 Å². The average molecular weight is 300 g/mol. The van der Waals surface area contributed by atoms with Crippen molar-refractivity contribution in [2.45, 2.75) is 6.10 Å². The molecule has 0 atom stereocenters. The van der Waals surface area contributed by atoms with E-state index in [4.69, 9.17) is 9.47 Å². The monoisotopic (exact) mass is 300 g/mol. The van der Waals surface area contributed by atoms with Crippen molar-refractivity contribution in [1.82, 2.24) is 10.3 Å². The predicted octanol–water partition coefficient (Wildman–Crippen LogP) is 2.01. The first kappa shape index (κ1) is 14.3. The molecule has 0 saturated carbocycles. The molecular weight excluding hydrogens is 284 g/mol. The number of nitrogens with one attached hydrogen (secondary N) is 1. The van der Waals surface area contributed by atoms with Crippen LogP contribution in [0.3, 0.4) is 0 Å². The van der Waals surface area contributed by atoms with Gasteiger partial charge in [-0.25, -0.2) is 9.78 Å². The second-order valence-corrected chi connectivity index (χ2v) is 4.85. The first-order valence-electron chi connectivity index (χ1n) is 6.94. The number of nitrogens with zero attached hydrogens (tertiary/aromatic N) is 1. The van der Waals surface area contributed by atoms with Crippen molar-refractivity contribution in [2.24, 2.45) is 0 Å². The van der Waals surface area contributed by atoms with Gasteiger partial charge in [-0.15, -0.1) is 0 Å². The Morgan fingerprint density at radius 1 is 1.23 bits per heavy atom. The third-order valence-electron chi connectivity index (χ3n) is 3.23. The summed E-state index contributed by atoms with van der Waals surface area (Å²) in [6, 6.07) is 10.6. The fraction of sp³-hybridized carbons (Fsp3) is 0.250. The van der Waals surface area contributed by atoms with Gasteiger partial charge in [0.05, 0.1) is 12.7 Å². The molecule has 0 radical (unpaired) electrons. The number of pyridine rings is 1. The molecule has 22 heavy (non-hydrogen) atoms. The maximum atomic E-state index is 11.3. The van der Waals surface area contributed by atoms with Crippen molar-refractivity contribution < 1.29 is 19.0 Å². The molecule has 1 fully saturated rings. The first-order valence-corrected chi connectivity index (χ1v) is 6.94. The Labute approximate surface area is 128 Å². The summed E-state index contributed by atoms with van der Waals surface area (Å²) >= 11 is 0. The van der Waals surface area contributed by atoms with Crippen LogP contribution in [0, 0.1) is 0 Å². The normalized spacial score (nSPS) is 14.0. The van der Waals surface area contributed by atoms with Gasteiger partial charge in [-0.05, 0) is 18.2 Å². The van der Waals surface area contributed by atoms with Crippen LogP contribution in [0.25, 0.3) is 0 Å². The van der Waals surface area contributed by atoms with Crippen molar-refractivity contribution in [2.75, 3.05) is 20.2 Å². The largest absolute Gasteiger partial charge is 0.488 e. The fourth-order valence-corrected chi connectivity index (χ4v) is 1.95. The number of rotatable bonds is 5. The van der Waals surface area contributed by atoms with Crippen LogP contribution in [-0.4, -0.2) is 37.3 Å². The number of methoxy groups -OCH3 is 1. The molecule has 6 nitrogen and oxygen atoms in total. The lowest BCUT2D eigenvalue weighted by atomic mass is 10.2. The highest BCUT2D eigenvalue weighted by Gasteiger charge is 2.18. The molecule has 0 amide bonds. The highest BCUT2D eigenvalue weighted by atomic mass is 16.5. The summed E-state index contributed by atoms with van der Waals surface area (Å²) in [6.07, 6.45) is 1.63. The minimum absolute atomic E-state index is 0.215. The SMILES string of the molecule is COC(=O)c1ccc(Oc2cccc(OC3CNC3)c2)nc1. The van der Waals surface area contributed by atoms with E-state index >= 15 is 0 Å². The molecule has 1 aliphatic heterocycles. The van der Waals surface area contributed by atoms with Crippen molar-refractivity contribution in [3.05, 3.63) is 48.2 Å². The van der Waals surface area contributed by atoms with E-state index in [1.165, 1.54) is 13.3 Å². The number of hydrogen-bond donors (Lipinski definition) is 1. The first-order chi connectivity index (χ1) is 10.7. The molecular formula is C16H16N2O4. The molecule has 3 rings (SSSR count). The van der Waals surface area contributed by atoms with Crippen LogP contribution in [-0.2, 0) is 4.74 Å². The number of aromatic nitrogens is 1.